The average molecular weight is 412 g/mol. The molecule has 2 aromatic rings. The van der Waals surface area contributed by atoms with Crippen LogP contribution < -0.4 is 10.9 Å². The molecule has 0 saturated heterocycles. The van der Waals surface area contributed by atoms with Gasteiger partial charge in [-0.3, -0.25) is 9.59 Å². The number of halogens is 2. The second kappa shape index (κ2) is 6.68. The number of hydrogen-bond acceptors (Lipinski definition) is 4. The summed E-state index contributed by atoms with van der Waals surface area (Å²) in [6.07, 6.45) is 0.0115. The second-order valence-corrected chi connectivity index (χ2v) is 7.57. The third kappa shape index (κ3) is 3.00. The molecule has 5 nitrogen and oxygen atoms in total. The van der Waals surface area contributed by atoms with Gasteiger partial charge in [-0.1, -0.05) is 34.6 Å². The number of nitrogens with one attached hydrogen (secondary N) is 1. The van der Waals surface area contributed by atoms with Gasteiger partial charge in [0.1, 0.15) is 11.6 Å². The number of thioether (sulfide) groups is 1. The first kappa shape index (κ1) is 17.2. The van der Waals surface area contributed by atoms with Crippen LogP contribution in [0.3, 0.4) is 0 Å². The summed E-state index contributed by atoms with van der Waals surface area (Å²) >= 11 is 4.73. The largest absolute Gasteiger partial charge is 0.312 e. The molecule has 0 unspecified atom stereocenters. The highest BCUT2D eigenvalue weighted by Gasteiger charge is 2.33. The van der Waals surface area contributed by atoms with Crippen molar-refractivity contribution in [2.24, 2.45) is 7.05 Å². The average Bonchev–Trinajstić information content (AvgIpc) is 2.54. The summed E-state index contributed by atoms with van der Waals surface area (Å²) in [7, 11) is 1.74. The Morgan fingerprint density at radius 3 is 2.92 bits per heavy atom. The first-order valence-electron chi connectivity index (χ1n) is 7.40. The zero-order valence-corrected chi connectivity index (χ0v) is 15.5. The van der Waals surface area contributed by atoms with E-state index in [0.29, 0.717) is 26.6 Å². The lowest BCUT2D eigenvalue weighted by Gasteiger charge is -2.27. The number of carbonyl (C=O) groups is 1. The number of hydrogen-bond donors (Lipinski definition) is 1. The molecular formula is C16H15BrFN3O2S. The molecule has 1 aliphatic heterocycles. The van der Waals surface area contributed by atoms with E-state index in [1.165, 1.54) is 17.8 Å². The predicted octanol–water partition coefficient (Wildman–Crippen LogP) is 3.27. The third-order valence-corrected chi connectivity index (χ3v) is 5.31. The fourth-order valence-electron chi connectivity index (χ4n) is 2.84. The van der Waals surface area contributed by atoms with Crippen molar-refractivity contribution in [3.05, 3.63) is 50.0 Å². The Kier molecular flexibility index (Phi) is 4.78. The number of nitrogens with zero attached hydrogens (tertiary/aromatic N) is 2. The Balaban J connectivity index is 2.24. The van der Waals surface area contributed by atoms with Crippen molar-refractivity contribution >= 4 is 39.4 Å². The van der Waals surface area contributed by atoms with Crippen LogP contribution >= 0.6 is 27.7 Å². The van der Waals surface area contributed by atoms with Gasteiger partial charge in [0.15, 0.2) is 5.16 Å². The van der Waals surface area contributed by atoms with Crippen molar-refractivity contribution in [3.8, 4) is 0 Å². The minimum Gasteiger partial charge on any atom is -0.312 e. The van der Waals surface area contributed by atoms with Crippen LogP contribution in [-0.4, -0.2) is 21.2 Å². The van der Waals surface area contributed by atoms with E-state index in [1.807, 2.05) is 6.92 Å². The number of anilines is 1. The molecule has 1 amide bonds. The van der Waals surface area contributed by atoms with E-state index in [4.69, 9.17) is 0 Å². The molecule has 0 spiro atoms. The van der Waals surface area contributed by atoms with Crippen molar-refractivity contribution in [2.75, 3.05) is 11.1 Å². The Morgan fingerprint density at radius 2 is 2.21 bits per heavy atom. The molecule has 0 saturated carbocycles. The molecule has 24 heavy (non-hydrogen) atoms. The smallest absolute Gasteiger partial charge is 0.279 e. The zero-order valence-electron chi connectivity index (χ0n) is 13.1. The molecule has 1 aromatic heterocycles. The van der Waals surface area contributed by atoms with E-state index < -0.39 is 17.3 Å². The van der Waals surface area contributed by atoms with Gasteiger partial charge in [0.2, 0.25) is 5.91 Å². The Labute approximate surface area is 150 Å². The SMILES string of the molecule is CCSc1nc(=O)c2c(n1C)NC(=O)C[C@H]2c1cc(Br)ccc1F. The van der Waals surface area contributed by atoms with Gasteiger partial charge in [0, 0.05) is 23.9 Å². The maximum Gasteiger partial charge on any atom is 0.279 e. The van der Waals surface area contributed by atoms with Crippen LogP contribution in [0, 0.1) is 5.82 Å². The molecule has 1 atom stereocenters. The highest BCUT2D eigenvalue weighted by Crippen LogP contribution is 2.37. The van der Waals surface area contributed by atoms with Crippen molar-refractivity contribution in [2.45, 2.75) is 24.4 Å². The summed E-state index contributed by atoms with van der Waals surface area (Å²) in [5, 5.41) is 3.26. The van der Waals surface area contributed by atoms with Crippen LogP contribution in [0.5, 0.6) is 0 Å². The van der Waals surface area contributed by atoms with E-state index in [0.717, 1.165) is 5.75 Å². The van der Waals surface area contributed by atoms with E-state index >= 15 is 0 Å². The Bertz CT molecular complexity index is 884. The first-order valence-corrected chi connectivity index (χ1v) is 9.18. The molecular weight excluding hydrogens is 397 g/mol. The van der Waals surface area contributed by atoms with Crippen LogP contribution in [0.1, 0.15) is 30.4 Å². The topological polar surface area (TPSA) is 64.0 Å². The summed E-state index contributed by atoms with van der Waals surface area (Å²) in [5.74, 6) is -0.209. The van der Waals surface area contributed by atoms with Gasteiger partial charge < -0.3 is 9.88 Å². The predicted molar refractivity (Wildman–Crippen MR) is 95.1 cm³/mol. The molecule has 0 aliphatic carbocycles. The van der Waals surface area contributed by atoms with Crippen molar-refractivity contribution in [1.82, 2.24) is 9.55 Å². The van der Waals surface area contributed by atoms with Gasteiger partial charge in [-0.05, 0) is 29.5 Å². The van der Waals surface area contributed by atoms with Crippen LogP contribution in [0.25, 0.3) is 0 Å². The molecule has 1 aliphatic rings. The quantitative estimate of drug-likeness (QED) is 0.621. The minimum atomic E-state index is -0.655. The van der Waals surface area contributed by atoms with E-state index in [2.05, 4.69) is 26.2 Å². The number of rotatable bonds is 3. The summed E-state index contributed by atoms with van der Waals surface area (Å²) < 4.78 is 16.7. The Morgan fingerprint density at radius 1 is 1.46 bits per heavy atom. The zero-order chi connectivity index (χ0) is 17.4. The number of aromatic nitrogens is 2. The van der Waals surface area contributed by atoms with Crippen LogP contribution in [0.2, 0.25) is 0 Å². The Hall–Kier alpha value is -1.67. The summed E-state index contributed by atoms with van der Waals surface area (Å²) in [6, 6.07) is 4.52. The fourth-order valence-corrected chi connectivity index (χ4v) is 3.91. The molecule has 0 radical (unpaired) electrons. The highest BCUT2D eigenvalue weighted by molar-refractivity contribution is 9.10. The molecule has 3 rings (SSSR count). The van der Waals surface area contributed by atoms with Gasteiger partial charge in [-0.2, -0.15) is 4.98 Å². The summed E-state index contributed by atoms with van der Waals surface area (Å²) in [6.45, 7) is 1.95. The van der Waals surface area contributed by atoms with E-state index in [9.17, 15) is 14.0 Å². The highest BCUT2D eigenvalue weighted by atomic mass is 79.9. The van der Waals surface area contributed by atoms with E-state index in [1.54, 1.807) is 23.7 Å². The van der Waals surface area contributed by atoms with Gasteiger partial charge in [0.25, 0.3) is 5.56 Å². The maximum absolute atomic E-state index is 14.3. The molecule has 2 heterocycles. The standard InChI is InChI=1S/C16H15BrFN3O2S/c1-3-24-16-20-15(23)13-10(7-12(22)19-14(13)21(16)2)9-6-8(17)4-5-11(9)18/h4-6,10H,3,7H2,1-2H3,(H,19,22)/t10-/m0/s1. The molecule has 1 N–H and O–H groups in total. The van der Waals surface area contributed by atoms with Crippen molar-refractivity contribution in [3.63, 3.8) is 0 Å². The molecule has 8 heteroatoms. The molecule has 0 fully saturated rings. The van der Waals surface area contributed by atoms with Crippen molar-refractivity contribution < 1.29 is 9.18 Å². The summed E-state index contributed by atoms with van der Waals surface area (Å²) in [5.41, 5.74) is 0.216. The summed E-state index contributed by atoms with van der Waals surface area (Å²) in [4.78, 5) is 28.8. The van der Waals surface area contributed by atoms with Crippen molar-refractivity contribution in [1.29, 1.82) is 0 Å². The van der Waals surface area contributed by atoms with Gasteiger partial charge >= 0.3 is 0 Å². The number of amides is 1. The normalized spacial score (nSPS) is 16.7. The molecule has 0 bridgehead atoms. The number of benzene rings is 1. The molecule has 1 aromatic carbocycles. The van der Waals surface area contributed by atoms with E-state index in [-0.39, 0.29) is 12.3 Å². The van der Waals surface area contributed by atoms with Gasteiger partial charge in [-0.25, -0.2) is 4.39 Å². The lowest BCUT2D eigenvalue weighted by atomic mass is 9.86. The van der Waals surface area contributed by atoms with Gasteiger partial charge in [-0.15, -0.1) is 0 Å². The monoisotopic (exact) mass is 411 g/mol. The maximum atomic E-state index is 14.3. The fraction of sp³-hybridized carbons (Fsp3) is 0.312. The number of fused-ring (bicyclic) bond motifs is 1. The second-order valence-electron chi connectivity index (χ2n) is 5.42. The first-order chi connectivity index (χ1) is 11.4. The van der Waals surface area contributed by atoms with Crippen LogP contribution in [0.15, 0.2) is 32.6 Å². The minimum absolute atomic E-state index is 0.0115. The molecule has 126 valence electrons. The van der Waals surface area contributed by atoms with Gasteiger partial charge in [0.05, 0.1) is 5.56 Å². The van der Waals surface area contributed by atoms with Crippen LogP contribution in [0.4, 0.5) is 10.2 Å². The lowest BCUT2D eigenvalue weighted by Crippen LogP contribution is -2.33. The lowest BCUT2D eigenvalue weighted by molar-refractivity contribution is -0.116. The third-order valence-electron chi connectivity index (χ3n) is 3.91. The number of carbonyl (C=O) groups excluding carboxylic acids is 1. The van der Waals surface area contributed by atoms with Crippen LogP contribution in [-0.2, 0) is 11.8 Å².